The molecule has 2 unspecified atom stereocenters. The highest BCUT2D eigenvalue weighted by molar-refractivity contribution is 7.91. The van der Waals surface area contributed by atoms with Crippen LogP contribution < -0.4 is 5.32 Å². The van der Waals surface area contributed by atoms with Crippen LogP contribution in [0.4, 0.5) is 4.79 Å². The zero-order valence-corrected chi connectivity index (χ0v) is 15.3. The summed E-state index contributed by atoms with van der Waals surface area (Å²) in [5, 5.41) is 2.42. The van der Waals surface area contributed by atoms with E-state index >= 15 is 0 Å². The van der Waals surface area contributed by atoms with Gasteiger partial charge in [0.1, 0.15) is 17.2 Å². The van der Waals surface area contributed by atoms with Gasteiger partial charge in [0.05, 0.1) is 0 Å². The van der Waals surface area contributed by atoms with Crippen LogP contribution in [0.2, 0.25) is 0 Å². The summed E-state index contributed by atoms with van der Waals surface area (Å²) in [6.45, 7) is 10.3. The van der Waals surface area contributed by atoms with Crippen molar-refractivity contribution in [3.63, 3.8) is 0 Å². The molecule has 22 heavy (non-hydrogen) atoms. The number of esters is 1. The third-order valence-electron chi connectivity index (χ3n) is 2.18. The van der Waals surface area contributed by atoms with Gasteiger partial charge in [0, 0.05) is 21.7 Å². The van der Waals surface area contributed by atoms with Crippen molar-refractivity contribution >= 4 is 21.8 Å². The molecular weight excluding hydrogens is 308 g/mol. The molecule has 1 amide bonds. The fourth-order valence-corrected chi connectivity index (χ4v) is 2.10. The van der Waals surface area contributed by atoms with E-state index in [2.05, 4.69) is 5.32 Å². The van der Waals surface area contributed by atoms with E-state index in [9.17, 15) is 13.8 Å². The van der Waals surface area contributed by atoms with Crippen LogP contribution in [0.3, 0.4) is 0 Å². The Morgan fingerprint density at radius 3 is 1.91 bits per heavy atom. The first-order valence-electron chi connectivity index (χ1n) is 7.03. The van der Waals surface area contributed by atoms with Crippen molar-refractivity contribution in [3.8, 4) is 0 Å². The molecule has 0 aliphatic rings. The standard InChI is InChI=1S/C14H28N2O5S/c1-13(2,3)20-11(17)10(8-9-22(7,15)19)16-12(18)21-14(4,5)6/h10,15H,8-9H2,1-7H3,(H,16,18). The summed E-state index contributed by atoms with van der Waals surface area (Å²) in [4.78, 5) is 23.9. The van der Waals surface area contributed by atoms with Crippen molar-refractivity contribution in [2.24, 2.45) is 0 Å². The zero-order valence-electron chi connectivity index (χ0n) is 14.4. The van der Waals surface area contributed by atoms with Gasteiger partial charge in [-0.15, -0.1) is 0 Å². The molecule has 0 bridgehead atoms. The van der Waals surface area contributed by atoms with Gasteiger partial charge >= 0.3 is 12.1 Å². The third-order valence-corrected chi connectivity index (χ3v) is 3.19. The molecule has 0 aliphatic carbocycles. The van der Waals surface area contributed by atoms with Crippen LogP contribution in [-0.4, -0.2) is 45.5 Å². The molecule has 0 spiro atoms. The van der Waals surface area contributed by atoms with Gasteiger partial charge < -0.3 is 14.8 Å². The van der Waals surface area contributed by atoms with E-state index in [-0.39, 0.29) is 12.2 Å². The maximum absolute atomic E-state index is 12.1. The average Bonchev–Trinajstić information content (AvgIpc) is 2.17. The van der Waals surface area contributed by atoms with E-state index in [1.54, 1.807) is 41.5 Å². The molecule has 0 saturated heterocycles. The Hall–Kier alpha value is -1.31. The van der Waals surface area contributed by atoms with E-state index < -0.39 is 39.0 Å². The van der Waals surface area contributed by atoms with E-state index in [4.69, 9.17) is 14.3 Å². The predicted molar refractivity (Wildman–Crippen MR) is 85.3 cm³/mol. The van der Waals surface area contributed by atoms with Crippen LogP contribution >= 0.6 is 0 Å². The van der Waals surface area contributed by atoms with Crippen molar-refractivity contribution in [3.05, 3.63) is 0 Å². The maximum Gasteiger partial charge on any atom is 0.408 e. The molecule has 0 radical (unpaired) electrons. The monoisotopic (exact) mass is 336 g/mol. The van der Waals surface area contributed by atoms with Crippen LogP contribution in [0.1, 0.15) is 48.0 Å². The Bertz CT molecular complexity index is 500. The van der Waals surface area contributed by atoms with Gasteiger partial charge in [-0.05, 0) is 48.0 Å². The van der Waals surface area contributed by atoms with E-state index in [1.165, 1.54) is 6.26 Å². The fraction of sp³-hybridized carbons (Fsp3) is 0.857. The highest BCUT2D eigenvalue weighted by Gasteiger charge is 2.29. The lowest BCUT2D eigenvalue weighted by molar-refractivity contribution is -0.157. The van der Waals surface area contributed by atoms with Gasteiger partial charge in [0.25, 0.3) is 0 Å². The number of rotatable bonds is 5. The molecule has 2 N–H and O–H groups in total. The second-order valence-corrected chi connectivity index (χ2v) is 9.65. The smallest absolute Gasteiger partial charge is 0.408 e. The molecule has 2 atom stereocenters. The van der Waals surface area contributed by atoms with Crippen LogP contribution in [0.15, 0.2) is 0 Å². The van der Waals surface area contributed by atoms with Gasteiger partial charge in [0.15, 0.2) is 0 Å². The lowest BCUT2D eigenvalue weighted by Crippen LogP contribution is -2.46. The molecule has 8 heteroatoms. The van der Waals surface area contributed by atoms with Gasteiger partial charge in [-0.25, -0.2) is 9.59 Å². The topological polar surface area (TPSA) is 106 Å². The Labute approximate surface area is 133 Å². The highest BCUT2D eigenvalue weighted by atomic mass is 32.2. The number of hydrogen-bond acceptors (Lipinski definition) is 6. The summed E-state index contributed by atoms with van der Waals surface area (Å²) < 4.78 is 29.2. The minimum atomic E-state index is -2.77. The SMILES string of the molecule is CC(C)(C)OC(=O)NC(CCS(C)(=N)=O)C(=O)OC(C)(C)C. The lowest BCUT2D eigenvalue weighted by Gasteiger charge is -2.26. The number of hydrogen-bond donors (Lipinski definition) is 2. The van der Waals surface area contributed by atoms with Crippen molar-refractivity contribution in [2.75, 3.05) is 12.0 Å². The molecule has 0 rings (SSSR count). The predicted octanol–water partition coefficient (Wildman–Crippen LogP) is 2.29. The molecule has 130 valence electrons. The summed E-state index contributed by atoms with van der Waals surface area (Å²) in [6.07, 6.45) is 0.579. The highest BCUT2D eigenvalue weighted by Crippen LogP contribution is 2.12. The molecule has 0 aromatic rings. The van der Waals surface area contributed by atoms with Gasteiger partial charge in [0.2, 0.25) is 0 Å². The van der Waals surface area contributed by atoms with Crippen LogP contribution in [0, 0.1) is 4.78 Å². The summed E-state index contributed by atoms with van der Waals surface area (Å²) in [5.74, 6) is -0.658. The number of alkyl carbamates (subject to hydrolysis) is 1. The number of ether oxygens (including phenoxy) is 2. The summed E-state index contributed by atoms with van der Waals surface area (Å²) in [6, 6.07) is -1.000. The molecule has 0 saturated carbocycles. The van der Waals surface area contributed by atoms with Crippen molar-refractivity contribution in [2.45, 2.75) is 65.2 Å². The number of carbonyl (C=O) groups is 2. The van der Waals surface area contributed by atoms with Crippen molar-refractivity contribution in [1.29, 1.82) is 4.78 Å². The summed E-state index contributed by atoms with van der Waals surface area (Å²) in [7, 11) is -2.77. The molecule has 0 heterocycles. The summed E-state index contributed by atoms with van der Waals surface area (Å²) in [5.41, 5.74) is -1.41. The Morgan fingerprint density at radius 2 is 1.55 bits per heavy atom. The number of nitrogens with one attached hydrogen (secondary N) is 2. The Balaban J connectivity index is 4.93. The molecule has 0 aromatic heterocycles. The minimum Gasteiger partial charge on any atom is -0.458 e. The second kappa shape index (κ2) is 7.30. The van der Waals surface area contributed by atoms with Crippen LogP contribution in [0.25, 0.3) is 0 Å². The molecule has 0 aliphatic heterocycles. The number of amides is 1. The second-order valence-electron chi connectivity index (χ2n) is 7.23. The molecule has 7 nitrogen and oxygen atoms in total. The average molecular weight is 336 g/mol. The van der Waals surface area contributed by atoms with Crippen LogP contribution in [-0.2, 0) is 24.0 Å². The molecule has 0 fully saturated rings. The van der Waals surface area contributed by atoms with Gasteiger partial charge in [-0.3, -0.25) is 8.99 Å². The van der Waals surface area contributed by atoms with Crippen LogP contribution in [0.5, 0.6) is 0 Å². The normalized spacial score (nSPS) is 16.3. The van der Waals surface area contributed by atoms with Gasteiger partial charge in [-0.2, -0.15) is 0 Å². The van der Waals surface area contributed by atoms with E-state index in [0.29, 0.717) is 0 Å². The first kappa shape index (κ1) is 20.7. The maximum atomic E-state index is 12.1. The first-order valence-corrected chi connectivity index (χ1v) is 9.16. The van der Waals surface area contributed by atoms with Crippen molar-refractivity contribution in [1.82, 2.24) is 5.32 Å². The third kappa shape index (κ3) is 11.4. The Kier molecular flexibility index (Phi) is 6.87. The molecular formula is C14H28N2O5S. The zero-order chi connectivity index (χ0) is 17.8. The lowest BCUT2D eigenvalue weighted by atomic mass is 10.1. The minimum absolute atomic E-state index is 0.0211. The van der Waals surface area contributed by atoms with E-state index in [1.807, 2.05) is 0 Å². The first-order chi connectivity index (χ1) is 9.59. The van der Waals surface area contributed by atoms with Crippen molar-refractivity contribution < 1.29 is 23.3 Å². The summed E-state index contributed by atoms with van der Waals surface area (Å²) >= 11 is 0. The fourth-order valence-electron chi connectivity index (χ4n) is 1.41. The Morgan fingerprint density at radius 1 is 1.09 bits per heavy atom. The number of carbonyl (C=O) groups excluding carboxylic acids is 2. The van der Waals surface area contributed by atoms with Gasteiger partial charge in [-0.1, -0.05) is 0 Å². The quantitative estimate of drug-likeness (QED) is 0.749. The largest absolute Gasteiger partial charge is 0.458 e. The molecule has 0 aromatic carbocycles. The van der Waals surface area contributed by atoms with E-state index in [0.717, 1.165) is 0 Å².